The van der Waals surface area contributed by atoms with Gasteiger partial charge in [-0.3, -0.25) is 0 Å². The van der Waals surface area contributed by atoms with E-state index in [1.54, 1.807) is 27.4 Å². The van der Waals surface area contributed by atoms with E-state index in [0.29, 0.717) is 17.1 Å². The first kappa shape index (κ1) is 16.5. The van der Waals surface area contributed by atoms with Gasteiger partial charge >= 0.3 is 0 Å². The molecule has 5 nitrogen and oxygen atoms in total. The summed E-state index contributed by atoms with van der Waals surface area (Å²) in [5.74, 6) is 2.08. The summed E-state index contributed by atoms with van der Waals surface area (Å²) < 4.78 is 15.9. The van der Waals surface area contributed by atoms with Gasteiger partial charge in [0, 0.05) is 28.7 Å². The zero-order valence-corrected chi connectivity index (χ0v) is 14.3. The maximum absolute atomic E-state index is 9.67. The third kappa shape index (κ3) is 3.29. The first-order valence-electron chi connectivity index (χ1n) is 7.69. The van der Waals surface area contributed by atoms with Crippen molar-refractivity contribution in [2.45, 2.75) is 0 Å². The summed E-state index contributed by atoms with van der Waals surface area (Å²) in [5.41, 5.74) is 3.12. The Balaban J connectivity index is 2.12. The van der Waals surface area contributed by atoms with Crippen molar-refractivity contribution in [3.63, 3.8) is 0 Å². The molecule has 0 spiro atoms. The first-order chi connectivity index (χ1) is 12.2. The molecular formula is C20H18N2O3. The second-order valence-electron chi connectivity index (χ2n) is 5.43. The molecule has 0 aliphatic carbocycles. The molecule has 3 rings (SSSR count). The zero-order valence-electron chi connectivity index (χ0n) is 14.3. The Morgan fingerprint density at radius 3 is 2.24 bits per heavy atom. The molecule has 2 aromatic carbocycles. The molecule has 1 aromatic heterocycles. The van der Waals surface area contributed by atoms with Gasteiger partial charge in [0.1, 0.15) is 17.2 Å². The van der Waals surface area contributed by atoms with Gasteiger partial charge in [-0.15, -0.1) is 0 Å². The van der Waals surface area contributed by atoms with Crippen LogP contribution >= 0.6 is 0 Å². The number of nitrogens with one attached hydrogen (secondary N) is 1. The van der Waals surface area contributed by atoms with Gasteiger partial charge in [-0.1, -0.05) is 0 Å². The molecule has 0 aliphatic heterocycles. The van der Waals surface area contributed by atoms with Gasteiger partial charge in [-0.05, 0) is 42.0 Å². The summed E-state index contributed by atoms with van der Waals surface area (Å²) in [6.07, 6.45) is 3.64. The minimum atomic E-state index is 0.537. The number of rotatable bonds is 5. The molecule has 0 amide bonds. The predicted molar refractivity (Wildman–Crippen MR) is 97.9 cm³/mol. The minimum Gasteiger partial charge on any atom is -0.497 e. The van der Waals surface area contributed by atoms with Crippen LogP contribution in [0.2, 0.25) is 0 Å². The number of benzene rings is 2. The lowest BCUT2D eigenvalue weighted by Crippen LogP contribution is -1.89. The number of aromatic nitrogens is 1. The maximum atomic E-state index is 9.67. The normalized spacial score (nSPS) is 11.2. The fraction of sp³-hybridized carbons (Fsp3) is 0.150. The highest BCUT2D eigenvalue weighted by Gasteiger charge is 2.10. The molecule has 3 aromatic rings. The van der Waals surface area contributed by atoms with Crippen LogP contribution in [0.4, 0.5) is 0 Å². The summed E-state index contributed by atoms with van der Waals surface area (Å²) in [5, 5.41) is 10.6. The van der Waals surface area contributed by atoms with Crippen molar-refractivity contribution in [3.05, 3.63) is 53.7 Å². The monoisotopic (exact) mass is 334 g/mol. The highest BCUT2D eigenvalue weighted by atomic mass is 16.5. The second-order valence-corrected chi connectivity index (χ2v) is 5.43. The number of hydrogen-bond acceptors (Lipinski definition) is 4. The number of aromatic amines is 1. The van der Waals surface area contributed by atoms with Gasteiger partial charge in [0.15, 0.2) is 0 Å². The lowest BCUT2D eigenvalue weighted by molar-refractivity contribution is 0.394. The third-order valence-electron chi connectivity index (χ3n) is 3.98. The number of methoxy groups -OCH3 is 3. The average Bonchev–Trinajstić information content (AvgIpc) is 3.08. The van der Waals surface area contributed by atoms with Crippen molar-refractivity contribution in [2.75, 3.05) is 21.3 Å². The molecule has 5 heteroatoms. The summed E-state index contributed by atoms with van der Waals surface area (Å²) >= 11 is 0. The molecule has 0 saturated carbocycles. The van der Waals surface area contributed by atoms with E-state index in [9.17, 15) is 5.26 Å². The number of fused-ring (bicyclic) bond motifs is 1. The van der Waals surface area contributed by atoms with Crippen LogP contribution in [0.1, 0.15) is 11.1 Å². The summed E-state index contributed by atoms with van der Waals surface area (Å²) in [7, 11) is 4.82. The summed E-state index contributed by atoms with van der Waals surface area (Å²) in [6.45, 7) is 0. The number of nitrogens with zero attached hydrogens (tertiary/aromatic N) is 1. The molecule has 0 aliphatic rings. The van der Waals surface area contributed by atoms with Gasteiger partial charge in [-0.25, -0.2) is 0 Å². The fourth-order valence-electron chi connectivity index (χ4n) is 2.70. The third-order valence-corrected chi connectivity index (χ3v) is 3.98. The molecule has 1 heterocycles. The molecular weight excluding hydrogens is 316 g/mol. The van der Waals surface area contributed by atoms with Crippen molar-refractivity contribution >= 4 is 22.6 Å². The lowest BCUT2D eigenvalue weighted by Gasteiger charge is -2.06. The van der Waals surface area contributed by atoms with Crippen molar-refractivity contribution in [3.8, 4) is 23.3 Å². The van der Waals surface area contributed by atoms with Gasteiger partial charge in [-0.2, -0.15) is 5.26 Å². The van der Waals surface area contributed by atoms with Crippen molar-refractivity contribution < 1.29 is 14.2 Å². The second kappa shape index (κ2) is 7.02. The average molecular weight is 334 g/mol. The number of hydrogen-bond donors (Lipinski definition) is 1. The highest BCUT2D eigenvalue weighted by molar-refractivity contribution is 6.01. The van der Waals surface area contributed by atoms with Crippen LogP contribution < -0.4 is 14.2 Å². The van der Waals surface area contributed by atoms with Crippen LogP contribution in [-0.4, -0.2) is 26.3 Å². The number of nitriles is 1. The molecule has 1 N–H and O–H groups in total. The maximum Gasteiger partial charge on any atom is 0.123 e. The van der Waals surface area contributed by atoms with Gasteiger partial charge in [0.2, 0.25) is 0 Å². The van der Waals surface area contributed by atoms with E-state index < -0.39 is 0 Å². The van der Waals surface area contributed by atoms with Crippen LogP contribution in [0.25, 0.3) is 22.6 Å². The van der Waals surface area contributed by atoms with E-state index in [-0.39, 0.29) is 0 Å². The van der Waals surface area contributed by atoms with E-state index in [0.717, 1.165) is 27.8 Å². The molecule has 0 saturated heterocycles. The molecule has 0 unspecified atom stereocenters. The molecule has 126 valence electrons. The van der Waals surface area contributed by atoms with Crippen molar-refractivity contribution in [1.82, 2.24) is 4.98 Å². The van der Waals surface area contributed by atoms with Crippen molar-refractivity contribution in [1.29, 1.82) is 5.26 Å². The molecule has 0 radical (unpaired) electrons. The lowest BCUT2D eigenvalue weighted by atomic mass is 10.0. The van der Waals surface area contributed by atoms with E-state index in [2.05, 4.69) is 11.1 Å². The smallest absolute Gasteiger partial charge is 0.123 e. The zero-order chi connectivity index (χ0) is 17.8. The number of allylic oxidation sites excluding steroid dienone is 1. The molecule has 0 atom stereocenters. The Morgan fingerprint density at radius 1 is 0.960 bits per heavy atom. The largest absolute Gasteiger partial charge is 0.497 e. The van der Waals surface area contributed by atoms with Crippen molar-refractivity contribution in [2.24, 2.45) is 0 Å². The Morgan fingerprint density at radius 2 is 1.64 bits per heavy atom. The van der Waals surface area contributed by atoms with Crippen LogP contribution in [0.5, 0.6) is 17.2 Å². The minimum absolute atomic E-state index is 0.537. The van der Waals surface area contributed by atoms with Gasteiger partial charge in [0.05, 0.1) is 33.0 Å². The summed E-state index contributed by atoms with van der Waals surface area (Å²) in [4.78, 5) is 3.19. The number of ether oxygens (including phenoxy) is 3. The molecule has 0 bridgehead atoms. The van der Waals surface area contributed by atoms with E-state index >= 15 is 0 Å². The Labute approximate surface area is 146 Å². The quantitative estimate of drug-likeness (QED) is 0.708. The van der Waals surface area contributed by atoms with Crippen LogP contribution in [0.15, 0.2) is 42.6 Å². The molecule has 25 heavy (non-hydrogen) atoms. The summed E-state index contributed by atoms with van der Waals surface area (Å²) in [6, 6.07) is 13.5. The van der Waals surface area contributed by atoms with E-state index in [1.165, 1.54) is 0 Å². The molecule has 0 fully saturated rings. The van der Waals surface area contributed by atoms with Gasteiger partial charge < -0.3 is 19.2 Å². The van der Waals surface area contributed by atoms with E-state index in [1.807, 2.05) is 42.6 Å². The number of H-pyrrole nitrogens is 1. The Bertz CT molecular complexity index is 958. The topological polar surface area (TPSA) is 67.3 Å². The standard InChI is InChI=1S/C20H18N2O3/c1-23-15-4-5-20-18(10-15)19(12-22-20)14(11-21)6-13-7-16(24-2)9-17(8-13)25-3/h4-10,12,22H,1-3H3. The highest BCUT2D eigenvalue weighted by Crippen LogP contribution is 2.31. The SMILES string of the molecule is COc1cc(C=C(C#N)c2c[nH]c3ccc(OC)cc23)cc(OC)c1. The van der Waals surface area contributed by atoms with Crippen LogP contribution in [0.3, 0.4) is 0 Å². The predicted octanol–water partition coefficient (Wildman–Crippen LogP) is 4.26. The Hall–Kier alpha value is -3.39. The fourth-order valence-corrected chi connectivity index (χ4v) is 2.70. The Kier molecular flexibility index (Phi) is 4.62. The van der Waals surface area contributed by atoms with Gasteiger partial charge in [0.25, 0.3) is 0 Å². The van der Waals surface area contributed by atoms with E-state index in [4.69, 9.17) is 14.2 Å². The van der Waals surface area contributed by atoms with Crippen LogP contribution in [-0.2, 0) is 0 Å². The van der Waals surface area contributed by atoms with Crippen LogP contribution in [0, 0.1) is 11.3 Å². The first-order valence-corrected chi connectivity index (χ1v) is 7.69.